The zero-order valence-corrected chi connectivity index (χ0v) is 35.1. The fourth-order valence-electron chi connectivity index (χ4n) is 14.2. The van der Waals surface area contributed by atoms with Crippen LogP contribution in [0.25, 0.3) is 55.0 Å². The van der Waals surface area contributed by atoms with Gasteiger partial charge in [0.05, 0.1) is 27.8 Å². The number of hydrogen-bond acceptors (Lipinski definition) is 1. The lowest BCUT2D eigenvalue weighted by Crippen LogP contribution is -2.75. The van der Waals surface area contributed by atoms with Crippen LogP contribution in [0, 0.1) is 23.7 Å². The van der Waals surface area contributed by atoms with E-state index < -0.39 is 8.07 Å². The van der Waals surface area contributed by atoms with Gasteiger partial charge in [0.25, 0.3) is 0 Å². The normalized spacial score (nSPS) is 22.5. The van der Waals surface area contributed by atoms with E-state index in [4.69, 9.17) is 4.98 Å². The standard InChI is InChI=1S/C57H45N3Si/c1-3-13-42(14-4-1)61(43-15-5-2-6-16-43,45-17-12-28-58-36-45)44-25-26-50-55(35-44)60-54-27-24-41(59-52-22-9-7-18-46(52)47-19-8-10-23-53(47)59)34-49(54)48-20-11-21-51(56(48)60)57(50)39-30-37-29-38(32-39)33-40(57)31-37/h1-28,34-40H,29-33H2. The molecule has 15 rings (SSSR count). The third kappa shape index (κ3) is 4.41. The molecule has 4 saturated carbocycles. The van der Waals surface area contributed by atoms with Gasteiger partial charge in [-0.1, -0.05) is 133 Å². The molecule has 292 valence electrons. The minimum absolute atomic E-state index is 0.00115. The number of fused-ring (bicyclic) bond motifs is 8. The molecule has 4 heterocycles. The van der Waals surface area contributed by atoms with E-state index in [1.165, 1.54) is 108 Å². The maximum Gasteiger partial charge on any atom is 0.181 e. The summed E-state index contributed by atoms with van der Waals surface area (Å²) in [5, 5.41) is 10.8. The summed E-state index contributed by atoms with van der Waals surface area (Å²) in [4.78, 5) is 4.82. The Morgan fingerprint density at radius 1 is 0.443 bits per heavy atom. The maximum absolute atomic E-state index is 4.82. The summed E-state index contributed by atoms with van der Waals surface area (Å²) in [6, 6.07) is 67.6. The first-order valence-corrected chi connectivity index (χ1v) is 24.5. The van der Waals surface area contributed by atoms with Gasteiger partial charge >= 0.3 is 0 Å². The number of pyridine rings is 1. The summed E-state index contributed by atoms with van der Waals surface area (Å²) in [5.74, 6) is 3.06. The van der Waals surface area contributed by atoms with Gasteiger partial charge in [-0.05, 0) is 130 Å². The molecule has 0 atom stereocenters. The van der Waals surface area contributed by atoms with Crippen molar-refractivity contribution in [3.63, 3.8) is 0 Å². The van der Waals surface area contributed by atoms with Gasteiger partial charge in [-0.15, -0.1) is 0 Å². The maximum atomic E-state index is 4.82. The summed E-state index contributed by atoms with van der Waals surface area (Å²) < 4.78 is 5.19. The van der Waals surface area contributed by atoms with Crippen molar-refractivity contribution < 1.29 is 0 Å². The molecular formula is C57H45N3Si. The monoisotopic (exact) mass is 799 g/mol. The molecule has 1 spiro atoms. The van der Waals surface area contributed by atoms with E-state index in [2.05, 4.69) is 191 Å². The third-order valence-corrected chi connectivity index (χ3v) is 20.8. The Morgan fingerprint density at radius 3 is 1.70 bits per heavy atom. The predicted molar refractivity (Wildman–Crippen MR) is 254 cm³/mol. The van der Waals surface area contributed by atoms with Gasteiger partial charge in [0, 0.05) is 45.0 Å². The van der Waals surface area contributed by atoms with Gasteiger partial charge in [-0.3, -0.25) is 4.98 Å². The van der Waals surface area contributed by atoms with Gasteiger partial charge in [0.2, 0.25) is 0 Å². The Hall–Kier alpha value is -6.49. The van der Waals surface area contributed by atoms with Gasteiger partial charge < -0.3 is 9.13 Å². The van der Waals surface area contributed by atoms with Crippen LogP contribution in [0.3, 0.4) is 0 Å². The van der Waals surface area contributed by atoms with Crippen LogP contribution < -0.4 is 20.7 Å². The van der Waals surface area contributed by atoms with Crippen LogP contribution in [-0.2, 0) is 5.41 Å². The van der Waals surface area contributed by atoms with Gasteiger partial charge in [0.1, 0.15) is 0 Å². The summed E-state index contributed by atoms with van der Waals surface area (Å²) in [6.07, 6.45) is 10.9. The quantitative estimate of drug-likeness (QED) is 0.126. The first-order valence-electron chi connectivity index (χ1n) is 22.5. The Kier molecular flexibility index (Phi) is 7.03. The van der Waals surface area contributed by atoms with Crippen molar-refractivity contribution in [3.05, 3.63) is 199 Å². The lowest BCUT2D eigenvalue weighted by molar-refractivity contribution is -0.0418. The van der Waals surface area contributed by atoms with E-state index in [-0.39, 0.29) is 5.41 Å². The van der Waals surface area contributed by atoms with Gasteiger partial charge in [-0.25, -0.2) is 0 Å². The zero-order chi connectivity index (χ0) is 39.9. The van der Waals surface area contributed by atoms with Crippen molar-refractivity contribution in [1.82, 2.24) is 14.1 Å². The number of benzene rings is 7. The lowest BCUT2D eigenvalue weighted by Gasteiger charge is -2.63. The predicted octanol–water partition coefficient (Wildman–Crippen LogP) is 10.7. The molecule has 0 amide bonds. The molecule has 4 fully saturated rings. The van der Waals surface area contributed by atoms with Crippen LogP contribution in [0.4, 0.5) is 0 Å². The van der Waals surface area contributed by atoms with E-state index in [0.29, 0.717) is 11.8 Å². The van der Waals surface area contributed by atoms with E-state index in [1.54, 1.807) is 11.1 Å². The molecule has 1 aliphatic heterocycles. The highest BCUT2D eigenvalue weighted by molar-refractivity contribution is 7.19. The summed E-state index contributed by atoms with van der Waals surface area (Å²) in [5.41, 5.74) is 11.0. The molecule has 0 N–H and O–H groups in total. The van der Waals surface area contributed by atoms with E-state index in [9.17, 15) is 0 Å². The summed E-state index contributed by atoms with van der Waals surface area (Å²) in [6.45, 7) is 0. The number of rotatable bonds is 5. The number of nitrogens with zero attached hydrogens (tertiary/aromatic N) is 3. The highest BCUT2D eigenvalue weighted by Crippen LogP contribution is 2.68. The second-order valence-corrected chi connectivity index (χ2v) is 22.5. The van der Waals surface area contributed by atoms with Crippen molar-refractivity contribution in [2.24, 2.45) is 23.7 Å². The van der Waals surface area contributed by atoms with E-state index >= 15 is 0 Å². The SMILES string of the molecule is c1ccc([Si](c2ccccc2)(c2cccnc2)c2ccc3c(c2)-n2c4ccc(-n5c6ccccc6c6ccccc65)cc4c4cccc(c42)C32C3CC4CC(C3)CC2C4)cc1. The number of hydrogen-bond donors (Lipinski definition) is 0. The highest BCUT2D eigenvalue weighted by atomic mass is 28.3. The molecule has 4 aliphatic carbocycles. The minimum Gasteiger partial charge on any atom is -0.309 e. The van der Waals surface area contributed by atoms with Crippen LogP contribution >= 0.6 is 0 Å². The summed E-state index contributed by atoms with van der Waals surface area (Å²) in [7, 11) is -2.85. The first-order chi connectivity index (χ1) is 30.2. The molecule has 61 heavy (non-hydrogen) atoms. The molecule has 0 unspecified atom stereocenters. The van der Waals surface area contributed by atoms with Crippen molar-refractivity contribution in [2.45, 2.75) is 37.5 Å². The fraction of sp³-hybridized carbons (Fsp3) is 0.175. The molecule has 0 radical (unpaired) electrons. The Morgan fingerprint density at radius 2 is 1.05 bits per heavy atom. The van der Waals surface area contributed by atoms with Crippen LogP contribution in [0.15, 0.2) is 188 Å². The number of para-hydroxylation sites is 3. The average Bonchev–Trinajstić information content (AvgIpc) is 3.83. The van der Waals surface area contributed by atoms with Gasteiger partial charge in [0.15, 0.2) is 8.07 Å². The fourth-order valence-corrected chi connectivity index (χ4v) is 18.9. The molecule has 4 heteroatoms. The molecule has 5 aliphatic rings. The second-order valence-electron chi connectivity index (χ2n) is 18.7. The first kappa shape index (κ1) is 34.2. The third-order valence-electron chi connectivity index (χ3n) is 16.1. The molecule has 10 aromatic rings. The largest absolute Gasteiger partial charge is 0.309 e. The van der Waals surface area contributed by atoms with Crippen LogP contribution in [0.1, 0.15) is 43.2 Å². The van der Waals surface area contributed by atoms with E-state index in [1.807, 2.05) is 6.20 Å². The second kappa shape index (κ2) is 12.5. The Bertz CT molecular complexity index is 3200. The molecule has 4 bridgehead atoms. The zero-order valence-electron chi connectivity index (χ0n) is 34.1. The van der Waals surface area contributed by atoms with Crippen LogP contribution in [-0.4, -0.2) is 22.2 Å². The Balaban J connectivity index is 1.10. The van der Waals surface area contributed by atoms with Crippen molar-refractivity contribution >= 4 is 72.4 Å². The summed E-state index contributed by atoms with van der Waals surface area (Å²) >= 11 is 0. The van der Waals surface area contributed by atoms with Crippen LogP contribution in [0.2, 0.25) is 0 Å². The van der Waals surface area contributed by atoms with Crippen molar-refractivity contribution in [2.75, 3.05) is 0 Å². The molecule has 7 aromatic carbocycles. The van der Waals surface area contributed by atoms with Crippen molar-refractivity contribution in [1.29, 1.82) is 0 Å². The van der Waals surface area contributed by atoms with Crippen LogP contribution in [0.5, 0.6) is 0 Å². The molecule has 0 saturated heterocycles. The smallest absolute Gasteiger partial charge is 0.181 e. The topological polar surface area (TPSA) is 22.8 Å². The van der Waals surface area contributed by atoms with Crippen molar-refractivity contribution in [3.8, 4) is 11.4 Å². The molecular weight excluding hydrogens is 755 g/mol. The minimum atomic E-state index is -2.85. The molecule has 3 aromatic heterocycles. The highest BCUT2D eigenvalue weighted by Gasteiger charge is 2.61. The lowest BCUT2D eigenvalue weighted by atomic mass is 9.41. The Labute approximate surface area is 357 Å². The van der Waals surface area contributed by atoms with E-state index in [0.717, 1.165) is 11.8 Å². The average molecular weight is 800 g/mol. The van der Waals surface area contributed by atoms with Gasteiger partial charge in [-0.2, -0.15) is 0 Å². The number of aromatic nitrogens is 3. The molecule has 3 nitrogen and oxygen atoms in total.